The smallest absolute Gasteiger partial charge is 1.00 e. The first-order valence-corrected chi connectivity index (χ1v) is 12.2. The Hall–Kier alpha value is -1.69. The van der Waals surface area contributed by atoms with Gasteiger partial charge in [-0.1, -0.05) is 64.1 Å². The van der Waals surface area contributed by atoms with Crippen LogP contribution >= 0.6 is 0 Å². The standard InChI is InChI=1S/C30H37N3.3ClH.Co/c1-8-23-14-12-15-24(9-2)29(23)31-21(6)27-18-20(5)19-28(33-27)22(7)32-30-25(10-3)16-13-17-26(30)11-4;;;;/h12-19H,8-11H2,1-7H3;3*1H;/q;;;;+3/p-3. The molecule has 1 heterocycles. The van der Waals surface area contributed by atoms with Gasteiger partial charge in [0, 0.05) is 0 Å². The maximum absolute atomic E-state index is 5.07. The van der Waals surface area contributed by atoms with Gasteiger partial charge in [0.25, 0.3) is 0 Å². The number of halogens is 3. The van der Waals surface area contributed by atoms with Crippen LogP contribution in [0.3, 0.4) is 0 Å². The van der Waals surface area contributed by atoms with E-state index in [4.69, 9.17) is 15.0 Å². The van der Waals surface area contributed by atoms with Gasteiger partial charge in [-0.05, 0) is 86.4 Å². The van der Waals surface area contributed by atoms with Crippen molar-refractivity contribution in [3.63, 3.8) is 0 Å². The molecule has 0 aliphatic rings. The minimum atomic E-state index is 0. The first-order chi connectivity index (χ1) is 15.9. The van der Waals surface area contributed by atoms with Crippen LogP contribution in [0.4, 0.5) is 11.4 Å². The molecule has 1 aromatic heterocycles. The molecule has 3 rings (SSSR count). The Morgan fingerprint density at radius 2 is 0.919 bits per heavy atom. The van der Waals surface area contributed by atoms with E-state index in [1.54, 1.807) is 0 Å². The van der Waals surface area contributed by atoms with Crippen molar-refractivity contribution in [2.24, 2.45) is 9.98 Å². The normalized spacial score (nSPS) is 11.0. The van der Waals surface area contributed by atoms with E-state index in [9.17, 15) is 0 Å². The average Bonchev–Trinajstić information content (AvgIpc) is 2.83. The fourth-order valence-electron chi connectivity index (χ4n) is 4.21. The number of hydrogen-bond acceptors (Lipinski definition) is 3. The molecule has 202 valence electrons. The van der Waals surface area contributed by atoms with Gasteiger partial charge in [-0.25, -0.2) is 4.98 Å². The Morgan fingerprint density at radius 1 is 0.622 bits per heavy atom. The van der Waals surface area contributed by atoms with Crippen LogP contribution in [0.15, 0.2) is 58.5 Å². The van der Waals surface area contributed by atoms with Crippen molar-refractivity contribution < 1.29 is 54.0 Å². The molecule has 0 unspecified atom stereocenters. The van der Waals surface area contributed by atoms with E-state index in [0.717, 1.165) is 65.4 Å². The second kappa shape index (κ2) is 17.7. The number of pyridine rings is 1. The molecule has 0 aliphatic heterocycles. The van der Waals surface area contributed by atoms with Crippen molar-refractivity contribution in [2.45, 2.75) is 74.1 Å². The molecule has 0 atom stereocenters. The number of rotatable bonds is 8. The van der Waals surface area contributed by atoms with Crippen LogP contribution in [-0.2, 0) is 42.5 Å². The number of aromatic nitrogens is 1. The maximum Gasteiger partial charge on any atom is 3.00 e. The molecule has 0 amide bonds. The second-order valence-electron chi connectivity index (χ2n) is 8.57. The summed E-state index contributed by atoms with van der Waals surface area (Å²) in [7, 11) is 0. The van der Waals surface area contributed by atoms with E-state index in [1.807, 2.05) is 0 Å². The van der Waals surface area contributed by atoms with Crippen molar-refractivity contribution in [3.05, 3.63) is 87.7 Å². The summed E-state index contributed by atoms with van der Waals surface area (Å²) in [5.74, 6) is 0. The predicted molar refractivity (Wildman–Crippen MR) is 143 cm³/mol. The fraction of sp³-hybridized carbons (Fsp3) is 0.367. The van der Waals surface area contributed by atoms with Crippen molar-refractivity contribution >= 4 is 22.8 Å². The van der Waals surface area contributed by atoms with E-state index in [2.05, 4.69) is 97.0 Å². The van der Waals surface area contributed by atoms with Gasteiger partial charge in [0.1, 0.15) is 0 Å². The average molecular weight is 605 g/mol. The molecule has 7 heteroatoms. The molecule has 0 spiro atoms. The van der Waals surface area contributed by atoms with Crippen LogP contribution in [0, 0.1) is 6.92 Å². The van der Waals surface area contributed by atoms with Crippen LogP contribution in [-0.4, -0.2) is 16.4 Å². The monoisotopic (exact) mass is 603 g/mol. The summed E-state index contributed by atoms with van der Waals surface area (Å²) < 4.78 is 0. The van der Waals surface area contributed by atoms with Gasteiger partial charge >= 0.3 is 16.8 Å². The minimum Gasteiger partial charge on any atom is -1.00 e. The van der Waals surface area contributed by atoms with E-state index >= 15 is 0 Å². The third-order valence-corrected chi connectivity index (χ3v) is 6.20. The number of para-hydroxylation sites is 2. The Bertz CT molecular complexity index is 1070. The molecule has 37 heavy (non-hydrogen) atoms. The van der Waals surface area contributed by atoms with Gasteiger partial charge in [-0.3, -0.25) is 9.98 Å². The predicted octanol–water partition coefficient (Wildman–Crippen LogP) is -1.07. The summed E-state index contributed by atoms with van der Waals surface area (Å²) in [6.45, 7) is 15.0. The Labute approximate surface area is 252 Å². The van der Waals surface area contributed by atoms with E-state index in [-0.39, 0.29) is 54.0 Å². The first-order valence-electron chi connectivity index (χ1n) is 12.2. The topological polar surface area (TPSA) is 37.6 Å². The zero-order valence-corrected chi connectivity index (χ0v) is 26.1. The van der Waals surface area contributed by atoms with Gasteiger partial charge < -0.3 is 37.2 Å². The minimum absolute atomic E-state index is 0. The molecule has 3 nitrogen and oxygen atoms in total. The quantitative estimate of drug-likeness (QED) is 0.302. The van der Waals surface area contributed by atoms with Crippen LogP contribution in [0.25, 0.3) is 0 Å². The molecule has 0 bridgehead atoms. The van der Waals surface area contributed by atoms with E-state index < -0.39 is 0 Å². The van der Waals surface area contributed by atoms with Crippen molar-refractivity contribution in [3.8, 4) is 0 Å². The number of nitrogens with zero attached hydrogens (tertiary/aromatic N) is 3. The van der Waals surface area contributed by atoms with E-state index in [0.29, 0.717) is 0 Å². The SMILES string of the molecule is CCc1cccc(CC)c1N=C(C)c1cc(C)cc(C(C)=Nc2c(CC)cccc2CC)n1.[Cl-].[Cl-].[Cl-].[Co+3]. The van der Waals surface area contributed by atoms with Crippen molar-refractivity contribution in [2.75, 3.05) is 0 Å². The van der Waals surface area contributed by atoms with Crippen molar-refractivity contribution in [1.29, 1.82) is 0 Å². The first kappa shape index (κ1) is 37.5. The Kier molecular flexibility index (Phi) is 18.0. The summed E-state index contributed by atoms with van der Waals surface area (Å²) in [6, 6.07) is 17.2. The second-order valence-corrected chi connectivity index (χ2v) is 8.57. The number of aryl methyl sites for hydroxylation is 5. The third-order valence-electron chi connectivity index (χ3n) is 6.20. The molecular weight excluding hydrogens is 568 g/mol. The van der Waals surface area contributed by atoms with Gasteiger partial charge in [-0.15, -0.1) is 0 Å². The molecule has 0 fully saturated rings. The van der Waals surface area contributed by atoms with Gasteiger partial charge in [0.05, 0.1) is 34.2 Å². The number of aliphatic imine (C=N–C) groups is 2. The molecule has 3 aromatic rings. The van der Waals surface area contributed by atoms with Gasteiger partial charge in [0.15, 0.2) is 0 Å². The van der Waals surface area contributed by atoms with Crippen LogP contribution in [0.5, 0.6) is 0 Å². The molecule has 2 aromatic carbocycles. The summed E-state index contributed by atoms with van der Waals surface area (Å²) in [5.41, 5.74) is 12.2. The summed E-state index contributed by atoms with van der Waals surface area (Å²) >= 11 is 0. The van der Waals surface area contributed by atoms with Crippen LogP contribution in [0.2, 0.25) is 0 Å². The van der Waals surface area contributed by atoms with E-state index in [1.165, 1.54) is 22.3 Å². The van der Waals surface area contributed by atoms with Crippen LogP contribution in [0.1, 0.15) is 80.7 Å². The largest absolute Gasteiger partial charge is 3.00 e. The number of benzene rings is 2. The molecule has 0 saturated heterocycles. The Balaban J connectivity index is 0. The van der Waals surface area contributed by atoms with Gasteiger partial charge in [-0.2, -0.15) is 0 Å². The molecule has 0 radical (unpaired) electrons. The maximum atomic E-state index is 5.07. The zero-order valence-electron chi connectivity index (χ0n) is 22.8. The third kappa shape index (κ3) is 9.22. The number of hydrogen-bond donors (Lipinski definition) is 0. The summed E-state index contributed by atoms with van der Waals surface area (Å²) in [5, 5.41) is 0. The summed E-state index contributed by atoms with van der Waals surface area (Å²) in [4.78, 5) is 15.1. The zero-order chi connectivity index (χ0) is 24.0. The molecule has 0 N–H and O–H groups in total. The van der Waals surface area contributed by atoms with Crippen molar-refractivity contribution in [1.82, 2.24) is 4.98 Å². The van der Waals surface area contributed by atoms with Gasteiger partial charge in [0.2, 0.25) is 0 Å². The van der Waals surface area contributed by atoms with Crippen LogP contribution < -0.4 is 37.2 Å². The molecule has 0 saturated carbocycles. The fourth-order valence-corrected chi connectivity index (χ4v) is 4.21. The Morgan fingerprint density at radius 3 is 1.19 bits per heavy atom. The molecular formula is C30H37Cl3CoN3. The summed E-state index contributed by atoms with van der Waals surface area (Å²) in [6.07, 6.45) is 3.87. The molecule has 0 aliphatic carbocycles.